The van der Waals surface area contributed by atoms with Crippen molar-refractivity contribution in [3.8, 4) is 5.75 Å². The smallest absolute Gasteiger partial charge is 0.337 e. The molecular formula is C25H34O12. The summed E-state index contributed by atoms with van der Waals surface area (Å²) in [6.07, 6.45) is -6.82. The highest BCUT2D eigenvalue weighted by Crippen LogP contribution is 2.38. The molecule has 8 unspecified atom stereocenters. The Morgan fingerprint density at radius 3 is 2.35 bits per heavy atom. The van der Waals surface area contributed by atoms with Crippen LogP contribution in [0.1, 0.15) is 25.3 Å². The number of phenolic OH excluding ortho intramolecular Hbond substituents is 1. The van der Waals surface area contributed by atoms with Gasteiger partial charge in [0.1, 0.15) is 30.2 Å². The second kappa shape index (κ2) is 13.2. The van der Waals surface area contributed by atoms with Crippen molar-refractivity contribution in [3.63, 3.8) is 0 Å². The van der Waals surface area contributed by atoms with Gasteiger partial charge in [0, 0.05) is 18.3 Å². The van der Waals surface area contributed by atoms with E-state index in [1.807, 2.05) is 0 Å². The molecule has 1 aromatic carbocycles. The Morgan fingerprint density at radius 2 is 1.73 bits per heavy atom. The number of hydrogen-bond donors (Lipinski definition) is 5. The molecule has 1 saturated heterocycles. The number of methoxy groups -OCH3 is 1. The fourth-order valence-corrected chi connectivity index (χ4v) is 4.43. The van der Waals surface area contributed by atoms with Gasteiger partial charge in [0.25, 0.3) is 0 Å². The number of phenols is 1. The van der Waals surface area contributed by atoms with Crippen molar-refractivity contribution < 1.29 is 58.8 Å². The van der Waals surface area contributed by atoms with Crippen molar-refractivity contribution in [2.75, 3.05) is 20.3 Å². The molecule has 0 aliphatic carbocycles. The van der Waals surface area contributed by atoms with Crippen LogP contribution in [0.3, 0.4) is 0 Å². The van der Waals surface area contributed by atoms with Crippen molar-refractivity contribution in [1.29, 1.82) is 0 Å². The third-order valence-electron chi connectivity index (χ3n) is 6.58. The third-order valence-corrected chi connectivity index (χ3v) is 6.58. The average Bonchev–Trinajstić information content (AvgIpc) is 2.89. The number of esters is 2. The highest BCUT2D eigenvalue weighted by Gasteiger charge is 2.48. The molecule has 0 spiro atoms. The molecule has 0 saturated carbocycles. The predicted molar refractivity (Wildman–Crippen MR) is 124 cm³/mol. The standard InChI is InChI=1S/C25H34O12/c1-3-15-16(10-19(28)34-9-8-13-4-6-14(27)7-5-13)17(23(32)33-2)12-35-24(15)37-25-22(31)21(30)20(29)18(11-26)36-25/h4-7,12,15-16,18,20-22,24-27,29-31H,3,8-11H2,1-2H3. The number of aromatic hydroxyl groups is 1. The summed E-state index contributed by atoms with van der Waals surface area (Å²) in [7, 11) is 1.20. The Morgan fingerprint density at radius 1 is 1.03 bits per heavy atom. The first-order valence-electron chi connectivity index (χ1n) is 12.0. The van der Waals surface area contributed by atoms with E-state index in [0.29, 0.717) is 12.8 Å². The molecule has 3 rings (SSSR count). The minimum Gasteiger partial charge on any atom is -0.508 e. The van der Waals surface area contributed by atoms with Crippen LogP contribution in [0.5, 0.6) is 5.75 Å². The van der Waals surface area contributed by atoms with Gasteiger partial charge in [-0.2, -0.15) is 0 Å². The maximum absolute atomic E-state index is 12.7. The molecule has 5 N–H and O–H groups in total. The minimum atomic E-state index is -1.65. The molecule has 0 bridgehead atoms. The maximum atomic E-state index is 12.7. The molecule has 2 aliphatic heterocycles. The molecule has 1 aromatic rings. The van der Waals surface area contributed by atoms with Crippen LogP contribution >= 0.6 is 0 Å². The zero-order valence-electron chi connectivity index (χ0n) is 20.6. The maximum Gasteiger partial charge on any atom is 0.337 e. The quantitative estimate of drug-likeness (QED) is 0.252. The summed E-state index contributed by atoms with van der Waals surface area (Å²) in [5.41, 5.74) is 0.977. The molecule has 12 heteroatoms. The van der Waals surface area contributed by atoms with Crippen molar-refractivity contribution in [1.82, 2.24) is 0 Å². The van der Waals surface area contributed by atoms with Gasteiger partial charge in [-0.05, 0) is 24.1 Å². The van der Waals surface area contributed by atoms with Crippen LogP contribution in [0.2, 0.25) is 0 Å². The number of ether oxygens (including phenoxy) is 5. The number of rotatable bonds is 10. The predicted octanol–water partition coefficient (Wildman–Crippen LogP) is -0.260. The fourth-order valence-electron chi connectivity index (χ4n) is 4.43. The molecule has 12 nitrogen and oxygen atoms in total. The van der Waals surface area contributed by atoms with Gasteiger partial charge in [0.2, 0.25) is 6.29 Å². The van der Waals surface area contributed by atoms with Gasteiger partial charge < -0.3 is 49.2 Å². The number of benzene rings is 1. The van der Waals surface area contributed by atoms with Crippen molar-refractivity contribution >= 4 is 11.9 Å². The first kappa shape index (κ1) is 28.8. The molecule has 0 aromatic heterocycles. The van der Waals surface area contributed by atoms with Gasteiger partial charge in [-0.1, -0.05) is 19.1 Å². The second-order valence-electron chi connectivity index (χ2n) is 8.92. The van der Waals surface area contributed by atoms with Crippen molar-refractivity contribution in [2.24, 2.45) is 11.8 Å². The molecule has 2 heterocycles. The third kappa shape index (κ3) is 6.98. The number of aliphatic hydroxyl groups excluding tert-OH is 4. The lowest BCUT2D eigenvalue weighted by atomic mass is 9.80. The van der Waals surface area contributed by atoms with Crippen LogP contribution in [0.25, 0.3) is 0 Å². The number of carbonyl (C=O) groups is 2. The van der Waals surface area contributed by atoms with Gasteiger partial charge in [-0.3, -0.25) is 4.79 Å². The van der Waals surface area contributed by atoms with E-state index in [1.54, 1.807) is 19.1 Å². The molecule has 206 valence electrons. The van der Waals surface area contributed by atoms with Crippen LogP contribution in [-0.4, -0.2) is 94.8 Å². The minimum absolute atomic E-state index is 0.0890. The van der Waals surface area contributed by atoms with E-state index in [4.69, 9.17) is 23.7 Å². The fraction of sp³-hybridized carbons (Fsp3) is 0.600. The number of aliphatic hydroxyl groups is 4. The van der Waals surface area contributed by atoms with Gasteiger partial charge in [-0.15, -0.1) is 0 Å². The summed E-state index contributed by atoms with van der Waals surface area (Å²) in [6.45, 7) is 1.26. The van der Waals surface area contributed by atoms with E-state index in [0.717, 1.165) is 11.8 Å². The molecule has 1 fully saturated rings. The number of carbonyl (C=O) groups excluding carboxylic acids is 2. The van der Waals surface area contributed by atoms with Crippen LogP contribution in [-0.2, 0) is 39.7 Å². The molecule has 0 amide bonds. The van der Waals surface area contributed by atoms with E-state index in [1.165, 1.54) is 19.2 Å². The number of hydrogen-bond acceptors (Lipinski definition) is 12. The highest BCUT2D eigenvalue weighted by molar-refractivity contribution is 5.89. The van der Waals surface area contributed by atoms with E-state index in [2.05, 4.69) is 0 Å². The van der Waals surface area contributed by atoms with E-state index in [-0.39, 0.29) is 24.4 Å². The molecule has 37 heavy (non-hydrogen) atoms. The van der Waals surface area contributed by atoms with Crippen LogP contribution in [0, 0.1) is 11.8 Å². The lowest BCUT2D eigenvalue weighted by Gasteiger charge is -2.43. The lowest BCUT2D eigenvalue weighted by Crippen LogP contribution is -2.60. The summed E-state index contributed by atoms with van der Waals surface area (Å²) in [5.74, 6) is -2.43. The van der Waals surface area contributed by atoms with Gasteiger partial charge >= 0.3 is 11.9 Å². The van der Waals surface area contributed by atoms with E-state index in [9.17, 15) is 35.1 Å². The second-order valence-corrected chi connectivity index (χ2v) is 8.92. The van der Waals surface area contributed by atoms with Crippen molar-refractivity contribution in [3.05, 3.63) is 41.7 Å². The van der Waals surface area contributed by atoms with Gasteiger partial charge in [0.15, 0.2) is 6.29 Å². The Bertz CT molecular complexity index is 930. The SMILES string of the molecule is CCC1C(OC2OC(CO)C(O)C(O)C2O)OC=C(C(=O)OC)C1CC(=O)OCCc1ccc(O)cc1. The summed E-state index contributed by atoms with van der Waals surface area (Å²) in [6, 6.07) is 6.50. The van der Waals surface area contributed by atoms with Crippen LogP contribution in [0.4, 0.5) is 0 Å². The first-order valence-corrected chi connectivity index (χ1v) is 12.0. The first-order chi connectivity index (χ1) is 17.7. The topological polar surface area (TPSA) is 181 Å². The lowest BCUT2D eigenvalue weighted by molar-refractivity contribution is -0.341. The van der Waals surface area contributed by atoms with Crippen LogP contribution in [0.15, 0.2) is 36.1 Å². The largest absolute Gasteiger partial charge is 0.508 e. The molecule has 8 atom stereocenters. The molecule has 0 radical (unpaired) electrons. The van der Waals surface area contributed by atoms with Gasteiger partial charge in [-0.25, -0.2) is 4.79 Å². The summed E-state index contributed by atoms with van der Waals surface area (Å²) >= 11 is 0. The van der Waals surface area contributed by atoms with Crippen LogP contribution < -0.4 is 0 Å². The summed E-state index contributed by atoms with van der Waals surface area (Å²) in [4.78, 5) is 25.1. The Hall–Kier alpha value is -2.74. The van der Waals surface area contributed by atoms with Crippen molar-refractivity contribution in [2.45, 2.75) is 63.2 Å². The monoisotopic (exact) mass is 526 g/mol. The normalized spacial score (nSPS) is 31.7. The molecule has 2 aliphatic rings. The van der Waals surface area contributed by atoms with E-state index < -0.39 is 67.4 Å². The molecular weight excluding hydrogens is 492 g/mol. The zero-order valence-corrected chi connectivity index (χ0v) is 20.6. The Labute approximate surface area is 214 Å². The highest BCUT2D eigenvalue weighted by atomic mass is 16.8. The Balaban J connectivity index is 1.69. The van der Waals surface area contributed by atoms with E-state index >= 15 is 0 Å². The average molecular weight is 527 g/mol. The zero-order chi connectivity index (χ0) is 27.1. The van der Waals surface area contributed by atoms with Gasteiger partial charge in [0.05, 0.1) is 38.6 Å². The summed E-state index contributed by atoms with van der Waals surface area (Å²) < 4.78 is 27.0. The Kier molecular flexibility index (Phi) is 10.3. The summed E-state index contributed by atoms with van der Waals surface area (Å²) in [5, 5.41) is 49.2.